The second-order valence-corrected chi connectivity index (χ2v) is 4.60. The summed E-state index contributed by atoms with van der Waals surface area (Å²) in [4.78, 5) is 8.67. The van der Waals surface area contributed by atoms with E-state index in [9.17, 15) is 0 Å². The molecule has 0 spiro atoms. The van der Waals surface area contributed by atoms with Crippen LogP contribution in [0.5, 0.6) is 0 Å². The van der Waals surface area contributed by atoms with Gasteiger partial charge in [0, 0.05) is 18.6 Å². The minimum atomic E-state index is 0.630. The van der Waals surface area contributed by atoms with Gasteiger partial charge in [0.15, 0.2) is 5.82 Å². The SMILES string of the molecule is Cc1ccoc1CNc1cccnc1-n1ccnc1C. The summed E-state index contributed by atoms with van der Waals surface area (Å²) in [6.07, 6.45) is 7.15. The lowest BCUT2D eigenvalue weighted by Gasteiger charge is -2.12. The van der Waals surface area contributed by atoms with E-state index in [-0.39, 0.29) is 0 Å². The van der Waals surface area contributed by atoms with Gasteiger partial charge >= 0.3 is 0 Å². The zero-order valence-electron chi connectivity index (χ0n) is 11.5. The van der Waals surface area contributed by atoms with Crippen molar-refractivity contribution in [1.82, 2.24) is 14.5 Å². The van der Waals surface area contributed by atoms with Gasteiger partial charge in [-0.3, -0.25) is 4.57 Å². The van der Waals surface area contributed by atoms with E-state index in [1.54, 1.807) is 18.7 Å². The standard InChI is InChI=1S/C15H16N4O/c1-11-5-9-20-14(11)10-18-13-4-3-6-17-15(13)19-8-7-16-12(19)2/h3-9,18H,10H2,1-2H3. The molecule has 20 heavy (non-hydrogen) atoms. The Bertz CT molecular complexity index is 714. The van der Waals surface area contributed by atoms with Crippen molar-refractivity contribution in [3.05, 3.63) is 60.2 Å². The molecule has 0 amide bonds. The molecule has 3 heterocycles. The maximum Gasteiger partial charge on any atom is 0.161 e. The summed E-state index contributed by atoms with van der Waals surface area (Å²) in [5.74, 6) is 2.68. The lowest BCUT2D eigenvalue weighted by molar-refractivity contribution is 0.515. The molecule has 102 valence electrons. The van der Waals surface area contributed by atoms with Crippen molar-refractivity contribution in [2.45, 2.75) is 20.4 Å². The van der Waals surface area contributed by atoms with Crippen LogP contribution >= 0.6 is 0 Å². The molecule has 0 unspecified atom stereocenters. The van der Waals surface area contributed by atoms with Gasteiger partial charge < -0.3 is 9.73 Å². The molecule has 3 aromatic rings. The molecule has 1 N–H and O–H groups in total. The van der Waals surface area contributed by atoms with Crippen LogP contribution in [-0.4, -0.2) is 14.5 Å². The summed E-state index contributed by atoms with van der Waals surface area (Å²) in [6, 6.07) is 5.87. The zero-order valence-corrected chi connectivity index (χ0v) is 11.5. The van der Waals surface area contributed by atoms with Gasteiger partial charge in [0.2, 0.25) is 0 Å². The molecule has 3 rings (SSSR count). The smallest absolute Gasteiger partial charge is 0.161 e. The highest BCUT2D eigenvalue weighted by molar-refractivity contribution is 5.57. The van der Waals surface area contributed by atoms with Crippen LogP contribution in [0, 0.1) is 13.8 Å². The van der Waals surface area contributed by atoms with Crippen molar-refractivity contribution >= 4 is 5.69 Å². The fourth-order valence-electron chi connectivity index (χ4n) is 2.09. The van der Waals surface area contributed by atoms with E-state index >= 15 is 0 Å². The molecule has 0 saturated heterocycles. The molecular formula is C15H16N4O. The van der Waals surface area contributed by atoms with Crippen LogP contribution < -0.4 is 5.32 Å². The zero-order chi connectivity index (χ0) is 13.9. The van der Waals surface area contributed by atoms with E-state index in [1.165, 1.54) is 0 Å². The number of nitrogens with one attached hydrogen (secondary N) is 1. The monoisotopic (exact) mass is 268 g/mol. The number of nitrogens with zero attached hydrogens (tertiary/aromatic N) is 3. The maximum atomic E-state index is 5.44. The molecule has 0 fully saturated rings. The van der Waals surface area contributed by atoms with Gasteiger partial charge in [-0.05, 0) is 37.6 Å². The molecule has 5 nitrogen and oxygen atoms in total. The number of hydrogen-bond donors (Lipinski definition) is 1. The maximum absolute atomic E-state index is 5.44. The summed E-state index contributed by atoms with van der Waals surface area (Å²) < 4.78 is 7.39. The fourth-order valence-corrected chi connectivity index (χ4v) is 2.09. The number of imidazole rings is 1. The Morgan fingerprint density at radius 3 is 2.80 bits per heavy atom. The normalized spacial score (nSPS) is 10.7. The molecule has 5 heteroatoms. The second kappa shape index (κ2) is 5.21. The lowest BCUT2D eigenvalue weighted by atomic mass is 10.2. The molecule has 0 aliphatic rings. The average Bonchev–Trinajstić information content (AvgIpc) is 3.06. The average molecular weight is 268 g/mol. The lowest BCUT2D eigenvalue weighted by Crippen LogP contribution is -2.07. The number of rotatable bonds is 4. The molecule has 0 radical (unpaired) electrons. The van der Waals surface area contributed by atoms with Crippen LogP contribution in [0.4, 0.5) is 5.69 Å². The quantitative estimate of drug-likeness (QED) is 0.790. The molecule has 0 saturated carbocycles. The van der Waals surface area contributed by atoms with Crippen molar-refractivity contribution in [3.63, 3.8) is 0 Å². The van der Waals surface area contributed by atoms with E-state index in [1.807, 2.05) is 42.8 Å². The first-order valence-electron chi connectivity index (χ1n) is 6.48. The number of hydrogen-bond acceptors (Lipinski definition) is 4. The Labute approximate surface area is 117 Å². The van der Waals surface area contributed by atoms with Gasteiger partial charge in [-0.25, -0.2) is 9.97 Å². The topological polar surface area (TPSA) is 55.9 Å². The van der Waals surface area contributed by atoms with Crippen LogP contribution in [0.1, 0.15) is 17.1 Å². The van der Waals surface area contributed by atoms with Gasteiger partial charge in [0.25, 0.3) is 0 Å². The second-order valence-electron chi connectivity index (χ2n) is 4.60. The Hall–Kier alpha value is -2.56. The highest BCUT2D eigenvalue weighted by atomic mass is 16.3. The van der Waals surface area contributed by atoms with E-state index in [0.717, 1.165) is 28.7 Å². The molecule has 3 aromatic heterocycles. The van der Waals surface area contributed by atoms with Crippen molar-refractivity contribution < 1.29 is 4.42 Å². The third kappa shape index (κ3) is 2.30. The van der Waals surface area contributed by atoms with Crippen molar-refractivity contribution in [3.8, 4) is 5.82 Å². The summed E-state index contributed by atoms with van der Waals surface area (Å²) in [6.45, 7) is 4.62. The molecule has 0 bridgehead atoms. The summed E-state index contributed by atoms with van der Waals surface area (Å²) in [7, 11) is 0. The summed E-state index contributed by atoms with van der Waals surface area (Å²) in [5.41, 5.74) is 2.09. The van der Waals surface area contributed by atoms with E-state index in [4.69, 9.17) is 4.42 Å². The number of aryl methyl sites for hydroxylation is 2. The van der Waals surface area contributed by atoms with Gasteiger partial charge in [0.1, 0.15) is 11.6 Å². The first-order chi connectivity index (χ1) is 9.75. The molecule has 0 aliphatic carbocycles. The van der Waals surface area contributed by atoms with Crippen LogP contribution in [0.3, 0.4) is 0 Å². The Morgan fingerprint density at radius 1 is 1.20 bits per heavy atom. The van der Waals surface area contributed by atoms with Crippen molar-refractivity contribution in [1.29, 1.82) is 0 Å². The van der Waals surface area contributed by atoms with E-state index in [2.05, 4.69) is 15.3 Å². The number of anilines is 1. The number of pyridine rings is 1. The van der Waals surface area contributed by atoms with Gasteiger partial charge in [-0.1, -0.05) is 0 Å². The number of furan rings is 1. The molecule has 0 atom stereocenters. The summed E-state index contributed by atoms with van der Waals surface area (Å²) in [5, 5.41) is 3.37. The molecular weight excluding hydrogens is 252 g/mol. The third-order valence-corrected chi connectivity index (χ3v) is 3.25. The van der Waals surface area contributed by atoms with Crippen molar-refractivity contribution in [2.24, 2.45) is 0 Å². The fraction of sp³-hybridized carbons (Fsp3) is 0.200. The highest BCUT2D eigenvalue weighted by Crippen LogP contribution is 2.20. The predicted molar refractivity (Wildman–Crippen MR) is 76.9 cm³/mol. The Balaban J connectivity index is 1.87. The minimum Gasteiger partial charge on any atom is -0.467 e. The Kier molecular flexibility index (Phi) is 3.25. The minimum absolute atomic E-state index is 0.630. The summed E-state index contributed by atoms with van der Waals surface area (Å²) >= 11 is 0. The number of aromatic nitrogens is 3. The third-order valence-electron chi connectivity index (χ3n) is 3.25. The van der Waals surface area contributed by atoms with Crippen LogP contribution in [0.25, 0.3) is 5.82 Å². The first-order valence-corrected chi connectivity index (χ1v) is 6.48. The highest BCUT2D eigenvalue weighted by Gasteiger charge is 2.09. The van der Waals surface area contributed by atoms with Crippen molar-refractivity contribution in [2.75, 3.05) is 5.32 Å². The van der Waals surface area contributed by atoms with Crippen LogP contribution in [0.2, 0.25) is 0 Å². The van der Waals surface area contributed by atoms with E-state index < -0.39 is 0 Å². The largest absolute Gasteiger partial charge is 0.467 e. The van der Waals surface area contributed by atoms with Gasteiger partial charge in [-0.15, -0.1) is 0 Å². The van der Waals surface area contributed by atoms with Crippen LogP contribution in [0.15, 0.2) is 47.5 Å². The first kappa shape index (κ1) is 12.5. The molecule has 0 aromatic carbocycles. The Morgan fingerprint density at radius 2 is 2.10 bits per heavy atom. The van der Waals surface area contributed by atoms with E-state index in [0.29, 0.717) is 6.54 Å². The van der Waals surface area contributed by atoms with Gasteiger partial charge in [0.05, 0.1) is 18.5 Å². The molecule has 0 aliphatic heterocycles. The van der Waals surface area contributed by atoms with Gasteiger partial charge in [-0.2, -0.15) is 0 Å². The predicted octanol–water partition coefficient (Wildman–Crippen LogP) is 3.09. The van der Waals surface area contributed by atoms with Crippen LogP contribution in [-0.2, 0) is 6.54 Å².